The Balaban J connectivity index is 2.02. The van der Waals surface area contributed by atoms with Gasteiger partial charge in [0, 0.05) is 17.3 Å². The Morgan fingerprint density at radius 3 is 2.89 bits per heavy atom. The Kier molecular flexibility index (Phi) is 2.60. The van der Waals surface area contributed by atoms with E-state index in [0.29, 0.717) is 6.54 Å². The van der Waals surface area contributed by atoms with Crippen LogP contribution in [0.25, 0.3) is 22.3 Å². The number of nitrogens with one attached hydrogen (secondary N) is 2. The predicted molar refractivity (Wildman–Crippen MR) is 68.6 cm³/mol. The lowest BCUT2D eigenvalue weighted by Crippen LogP contribution is -2.03. The van der Waals surface area contributed by atoms with Crippen LogP contribution in [0.2, 0.25) is 0 Å². The number of fused-ring (bicyclic) bond motifs is 1. The first-order valence-corrected chi connectivity index (χ1v) is 5.79. The molecule has 3 rings (SSSR count). The van der Waals surface area contributed by atoms with Gasteiger partial charge in [-0.05, 0) is 30.8 Å². The van der Waals surface area contributed by atoms with Crippen LogP contribution in [0.1, 0.15) is 5.82 Å². The van der Waals surface area contributed by atoms with Crippen molar-refractivity contribution in [2.45, 2.75) is 6.42 Å². The normalized spacial score (nSPS) is 11.2. The van der Waals surface area contributed by atoms with E-state index < -0.39 is 0 Å². The van der Waals surface area contributed by atoms with Gasteiger partial charge in [-0.3, -0.25) is 0 Å². The molecule has 3 aromatic rings. The Bertz CT molecular complexity index is 683. The van der Waals surface area contributed by atoms with E-state index in [0.717, 1.165) is 34.5 Å². The largest absolute Gasteiger partial charge is 0.353 e. The van der Waals surface area contributed by atoms with Gasteiger partial charge in [-0.1, -0.05) is 0 Å². The average molecular weight is 244 g/mol. The Hall–Kier alpha value is -2.14. The van der Waals surface area contributed by atoms with Crippen molar-refractivity contribution in [2.75, 3.05) is 6.54 Å². The van der Waals surface area contributed by atoms with Gasteiger partial charge in [-0.25, -0.2) is 9.37 Å². The topological polar surface area (TPSA) is 70.5 Å². The number of hydrogen-bond acceptors (Lipinski definition) is 2. The van der Waals surface area contributed by atoms with Crippen molar-refractivity contribution in [3.63, 3.8) is 0 Å². The second-order valence-electron chi connectivity index (χ2n) is 4.20. The van der Waals surface area contributed by atoms with Gasteiger partial charge in [0.15, 0.2) is 0 Å². The molecular weight excluding hydrogens is 231 g/mol. The van der Waals surface area contributed by atoms with Crippen LogP contribution in [0.5, 0.6) is 0 Å². The molecule has 0 aliphatic rings. The predicted octanol–water partition coefficient (Wildman–Crippen LogP) is 2.20. The van der Waals surface area contributed by atoms with E-state index in [-0.39, 0.29) is 5.82 Å². The number of rotatable bonds is 3. The highest BCUT2D eigenvalue weighted by Gasteiger charge is 2.07. The number of imidazole rings is 1. The minimum absolute atomic E-state index is 0.246. The fourth-order valence-electron chi connectivity index (χ4n) is 2.01. The van der Waals surface area contributed by atoms with E-state index in [2.05, 4.69) is 15.0 Å². The van der Waals surface area contributed by atoms with Crippen LogP contribution < -0.4 is 5.73 Å². The lowest BCUT2D eigenvalue weighted by molar-refractivity contribution is 0.629. The number of halogens is 1. The zero-order valence-electron chi connectivity index (χ0n) is 9.70. The molecule has 0 fully saturated rings. The number of aromatic nitrogens is 3. The van der Waals surface area contributed by atoms with Gasteiger partial charge in [-0.15, -0.1) is 0 Å². The van der Waals surface area contributed by atoms with Gasteiger partial charge >= 0.3 is 0 Å². The molecule has 18 heavy (non-hydrogen) atoms. The van der Waals surface area contributed by atoms with Gasteiger partial charge in [0.2, 0.25) is 0 Å². The third-order valence-electron chi connectivity index (χ3n) is 2.88. The lowest BCUT2D eigenvalue weighted by Gasteiger charge is -1.92. The number of nitrogens with zero attached hydrogens (tertiary/aromatic N) is 1. The van der Waals surface area contributed by atoms with Gasteiger partial charge in [0.25, 0.3) is 0 Å². The highest BCUT2D eigenvalue weighted by atomic mass is 19.1. The van der Waals surface area contributed by atoms with Crippen LogP contribution in [0.15, 0.2) is 30.5 Å². The van der Waals surface area contributed by atoms with Crippen molar-refractivity contribution in [2.24, 2.45) is 5.73 Å². The summed E-state index contributed by atoms with van der Waals surface area (Å²) in [6.45, 7) is 0.560. The van der Waals surface area contributed by atoms with Crippen molar-refractivity contribution < 1.29 is 4.39 Å². The van der Waals surface area contributed by atoms with E-state index in [1.165, 1.54) is 12.1 Å². The first-order chi connectivity index (χ1) is 8.76. The number of H-pyrrole nitrogens is 2. The fraction of sp³-hybridized carbons (Fsp3) is 0.154. The molecule has 5 heteroatoms. The van der Waals surface area contributed by atoms with Crippen molar-refractivity contribution >= 4 is 10.9 Å². The minimum Gasteiger partial charge on any atom is -0.353 e. The summed E-state index contributed by atoms with van der Waals surface area (Å²) in [7, 11) is 0. The van der Waals surface area contributed by atoms with E-state index in [9.17, 15) is 4.39 Å². The summed E-state index contributed by atoms with van der Waals surface area (Å²) in [5.74, 6) is 0.613. The number of benzene rings is 1. The van der Waals surface area contributed by atoms with Crippen LogP contribution in [0, 0.1) is 5.82 Å². The summed E-state index contributed by atoms with van der Waals surface area (Å²) in [4.78, 5) is 10.6. The highest BCUT2D eigenvalue weighted by molar-refractivity contribution is 5.85. The molecule has 2 heterocycles. The van der Waals surface area contributed by atoms with Crippen LogP contribution in [-0.4, -0.2) is 21.5 Å². The molecule has 0 spiro atoms. The minimum atomic E-state index is -0.246. The Morgan fingerprint density at radius 2 is 2.06 bits per heavy atom. The summed E-state index contributed by atoms with van der Waals surface area (Å²) >= 11 is 0. The molecule has 4 N–H and O–H groups in total. The number of hydrogen-bond donors (Lipinski definition) is 3. The van der Waals surface area contributed by atoms with E-state index in [1.54, 1.807) is 12.3 Å². The number of aromatic amines is 2. The van der Waals surface area contributed by atoms with Crippen molar-refractivity contribution in [3.05, 3.63) is 42.1 Å². The van der Waals surface area contributed by atoms with E-state index in [4.69, 9.17) is 5.73 Å². The quantitative estimate of drug-likeness (QED) is 0.661. The second-order valence-corrected chi connectivity index (χ2v) is 4.20. The maximum atomic E-state index is 13.1. The molecule has 2 aromatic heterocycles. The maximum absolute atomic E-state index is 13.1. The third kappa shape index (κ3) is 1.89. The van der Waals surface area contributed by atoms with Crippen molar-refractivity contribution in [1.82, 2.24) is 15.0 Å². The smallest absolute Gasteiger partial charge is 0.125 e. The molecule has 0 radical (unpaired) electrons. The zero-order chi connectivity index (χ0) is 12.5. The first-order valence-electron chi connectivity index (χ1n) is 5.79. The molecule has 0 bridgehead atoms. The van der Waals surface area contributed by atoms with Crippen molar-refractivity contribution in [1.29, 1.82) is 0 Å². The molecule has 0 atom stereocenters. The van der Waals surface area contributed by atoms with Crippen molar-refractivity contribution in [3.8, 4) is 11.4 Å². The van der Waals surface area contributed by atoms with Crippen LogP contribution in [0.3, 0.4) is 0 Å². The molecule has 0 amide bonds. The third-order valence-corrected chi connectivity index (χ3v) is 2.88. The molecule has 0 unspecified atom stereocenters. The fourth-order valence-corrected chi connectivity index (χ4v) is 2.01. The SMILES string of the molecule is NCCc1ncc(-c2cc3ccc(F)cc3[nH]2)[nH]1. The summed E-state index contributed by atoms with van der Waals surface area (Å²) in [6.07, 6.45) is 2.47. The Labute approximate surface area is 103 Å². The molecule has 0 aliphatic heterocycles. The van der Waals surface area contributed by atoms with Gasteiger partial charge in [0.05, 0.1) is 17.6 Å². The molecular formula is C13H13FN4. The van der Waals surface area contributed by atoms with E-state index in [1.807, 2.05) is 6.07 Å². The van der Waals surface area contributed by atoms with Gasteiger partial charge < -0.3 is 15.7 Å². The molecule has 0 aliphatic carbocycles. The summed E-state index contributed by atoms with van der Waals surface area (Å²) in [5.41, 5.74) is 8.03. The molecule has 1 aromatic carbocycles. The van der Waals surface area contributed by atoms with Crippen LogP contribution >= 0.6 is 0 Å². The number of nitrogens with two attached hydrogens (primary N) is 1. The van der Waals surface area contributed by atoms with E-state index >= 15 is 0 Å². The highest BCUT2D eigenvalue weighted by Crippen LogP contribution is 2.23. The summed E-state index contributed by atoms with van der Waals surface area (Å²) in [5, 5.41) is 0.973. The molecule has 0 saturated heterocycles. The van der Waals surface area contributed by atoms with Crippen LogP contribution in [0.4, 0.5) is 4.39 Å². The standard InChI is InChI=1S/C13H13FN4/c14-9-2-1-8-5-11(17-10(8)6-9)12-7-16-13(18-12)3-4-15/h1-2,5-7,17H,3-4,15H2,(H,16,18). The van der Waals surface area contributed by atoms with Crippen LogP contribution in [-0.2, 0) is 6.42 Å². The van der Waals surface area contributed by atoms with Gasteiger partial charge in [0.1, 0.15) is 11.6 Å². The summed E-state index contributed by atoms with van der Waals surface area (Å²) < 4.78 is 13.1. The molecule has 4 nitrogen and oxygen atoms in total. The monoisotopic (exact) mass is 244 g/mol. The summed E-state index contributed by atoms with van der Waals surface area (Å²) in [6, 6.07) is 6.65. The lowest BCUT2D eigenvalue weighted by atomic mass is 10.2. The van der Waals surface area contributed by atoms with Gasteiger partial charge in [-0.2, -0.15) is 0 Å². The zero-order valence-corrected chi connectivity index (χ0v) is 9.70. The molecule has 92 valence electrons. The molecule has 0 saturated carbocycles. The average Bonchev–Trinajstić information content (AvgIpc) is 2.94. The second kappa shape index (κ2) is 4.27. The maximum Gasteiger partial charge on any atom is 0.125 e. The first kappa shape index (κ1) is 11.0. The Morgan fingerprint density at radius 1 is 1.17 bits per heavy atom.